The van der Waals surface area contributed by atoms with E-state index in [4.69, 9.17) is 14.6 Å². The van der Waals surface area contributed by atoms with Gasteiger partial charge < -0.3 is 14.6 Å². The van der Waals surface area contributed by atoms with Gasteiger partial charge in [-0.05, 0) is 35.9 Å². The highest BCUT2D eigenvalue weighted by atomic mass is 19.1. The molecule has 0 amide bonds. The summed E-state index contributed by atoms with van der Waals surface area (Å²) in [4.78, 5) is 11.0. The zero-order valence-electron chi connectivity index (χ0n) is 11.0. The van der Waals surface area contributed by atoms with Crippen LogP contribution >= 0.6 is 0 Å². The number of carboxylic acids is 1. The summed E-state index contributed by atoms with van der Waals surface area (Å²) in [6, 6.07) is 8.68. The Hall–Kier alpha value is -2.56. The van der Waals surface area contributed by atoms with Gasteiger partial charge in [-0.15, -0.1) is 0 Å². The first kappa shape index (κ1) is 13.9. The lowest BCUT2D eigenvalue weighted by molar-refractivity contribution is 0.0696. The lowest BCUT2D eigenvalue weighted by atomic mass is 10.0. The van der Waals surface area contributed by atoms with Gasteiger partial charge in [0.05, 0.1) is 19.8 Å². The third kappa shape index (κ3) is 2.71. The SMILES string of the molecule is COc1ccc(-c2cc(F)cc(C(=O)O)c2)c(OC)c1. The van der Waals surface area contributed by atoms with Crippen LogP contribution in [0.4, 0.5) is 4.39 Å². The van der Waals surface area contributed by atoms with Crippen LogP contribution in [0.2, 0.25) is 0 Å². The Bertz CT molecular complexity index is 652. The average Bonchev–Trinajstić information content (AvgIpc) is 2.45. The fourth-order valence-corrected chi connectivity index (χ4v) is 1.91. The second-order valence-corrected chi connectivity index (χ2v) is 4.10. The number of benzene rings is 2. The monoisotopic (exact) mass is 276 g/mol. The Morgan fingerprint density at radius 2 is 1.85 bits per heavy atom. The predicted octanol–water partition coefficient (Wildman–Crippen LogP) is 3.21. The van der Waals surface area contributed by atoms with Gasteiger partial charge in [-0.25, -0.2) is 9.18 Å². The molecule has 2 aromatic carbocycles. The van der Waals surface area contributed by atoms with Crippen molar-refractivity contribution in [1.29, 1.82) is 0 Å². The van der Waals surface area contributed by atoms with Crippen LogP contribution in [0.15, 0.2) is 36.4 Å². The zero-order valence-corrected chi connectivity index (χ0v) is 11.0. The van der Waals surface area contributed by atoms with E-state index in [1.165, 1.54) is 26.4 Å². The molecule has 5 heteroatoms. The van der Waals surface area contributed by atoms with Gasteiger partial charge in [-0.1, -0.05) is 0 Å². The molecule has 0 saturated heterocycles. The van der Waals surface area contributed by atoms with Gasteiger partial charge in [0.2, 0.25) is 0 Å². The smallest absolute Gasteiger partial charge is 0.335 e. The molecule has 104 valence electrons. The normalized spacial score (nSPS) is 10.2. The molecule has 2 rings (SSSR count). The van der Waals surface area contributed by atoms with Crippen molar-refractivity contribution in [1.82, 2.24) is 0 Å². The molecule has 0 saturated carbocycles. The molecule has 0 fully saturated rings. The Labute approximate surface area is 115 Å². The molecule has 0 spiro atoms. The van der Waals surface area contributed by atoms with E-state index in [9.17, 15) is 9.18 Å². The number of aromatic carboxylic acids is 1. The van der Waals surface area contributed by atoms with Gasteiger partial charge in [0.1, 0.15) is 17.3 Å². The highest BCUT2D eigenvalue weighted by molar-refractivity contribution is 5.90. The average molecular weight is 276 g/mol. The van der Waals surface area contributed by atoms with Gasteiger partial charge in [0.25, 0.3) is 0 Å². The molecule has 1 N–H and O–H groups in total. The molecule has 4 nitrogen and oxygen atoms in total. The van der Waals surface area contributed by atoms with Crippen molar-refractivity contribution in [2.45, 2.75) is 0 Å². The van der Waals surface area contributed by atoms with Crippen LogP contribution in [0.3, 0.4) is 0 Å². The highest BCUT2D eigenvalue weighted by Gasteiger charge is 2.12. The molecular weight excluding hydrogens is 263 g/mol. The summed E-state index contributed by atoms with van der Waals surface area (Å²) in [5, 5.41) is 8.97. The number of ether oxygens (including phenoxy) is 2. The first-order valence-corrected chi connectivity index (χ1v) is 5.81. The van der Waals surface area contributed by atoms with Crippen LogP contribution in [0.25, 0.3) is 11.1 Å². The molecule has 0 aliphatic rings. The first-order chi connectivity index (χ1) is 9.55. The maximum atomic E-state index is 13.5. The molecule has 0 aliphatic carbocycles. The van der Waals surface area contributed by atoms with Crippen molar-refractivity contribution in [3.63, 3.8) is 0 Å². The van der Waals surface area contributed by atoms with Crippen LogP contribution in [0, 0.1) is 5.82 Å². The van der Waals surface area contributed by atoms with E-state index in [1.807, 2.05) is 0 Å². The Kier molecular flexibility index (Phi) is 3.89. The molecule has 0 bridgehead atoms. The standard InChI is InChI=1S/C15H13FO4/c1-19-12-3-4-13(14(8-12)20-2)9-5-10(15(17)18)7-11(16)6-9/h3-8H,1-2H3,(H,17,18). The van der Waals surface area contributed by atoms with Crippen LogP contribution in [0.1, 0.15) is 10.4 Å². The Morgan fingerprint density at radius 3 is 2.45 bits per heavy atom. The summed E-state index contributed by atoms with van der Waals surface area (Å²) in [7, 11) is 3.01. The van der Waals surface area contributed by atoms with Gasteiger partial charge in [0, 0.05) is 11.6 Å². The van der Waals surface area contributed by atoms with E-state index < -0.39 is 11.8 Å². The largest absolute Gasteiger partial charge is 0.497 e. The molecule has 2 aromatic rings. The fourth-order valence-electron chi connectivity index (χ4n) is 1.91. The molecule has 0 unspecified atom stereocenters. The Balaban J connectivity index is 2.58. The number of methoxy groups -OCH3 is 2. The molecule has 0 aliphatic heterocycles. The van der Waals surface area contributed by atoms with E-state index in [-0.39, 0.29) is 5.56 Å². The molecule has 0 radical (unpaired) electrons. The lowest BCUT2D eigenvalue weighted by Gasteiger charge is -2.11. The summed E-state index contributed by atoms with van der Waals surface area (Å²) in [6.45, 7) is 0. The van der Waals surface area contributed by atoms with Crippen LogP contribution < -0.4 is 9.47 Å². The topological polar surface area (TPSA) is 55.8 Å². The quantitative estimate of drug-likeness (QED) is 0.931. The van der Waals surface area contributed by atoms with Crippen molar-refractivity contribution in [2.75, 3.05) is 14.2 Å². The minimum absolute atomic E-state index is 0.113. The second kappa shape index (κ2) is 5.61. The molecular formula is C15H13FO4. The van der Waals surface area contributed by atoms with E-state index in [0.717, 1.165) is 6.07 Å². The minimum atomic E-state index is -1.18. The number of rotatable bonds is 4. The van der Waals surface area contributed by atoms with Crippen LogP contribution in [0.5, 0.6) is 11.5 Å². The van der Waals surface area contributed by atoms with E-state index >= 15 is 0 Å². The molecule has 0 aromatic heterocycles. The van der Waals surface area contributed by atoms with Crippen molar-refractivity contribution in [3.8, 4) is 22.6 Å². The summed E-state index contributed by atoms with van der Waals surface area (Å²) in [5.74, 6) is -0.720. The van der Waals surface area contributed by atoms with Gasteiger partial charge in [-0.2, -0.15) is 0 Å². The van der Waals surface area contributed by atoms with Gasteiger partial charge >= 0.3 is 5.97 Å². The summed E-state index contributed by atoms with van der Waals surface area (Å²) >= 11 is 0. The van der Waals surface area contributed by atoms with Gasteiger partial charge in [-0.3, -0.25) is 0 Å². The third-order valence-corrected chi connectivity index (χ3v) is 2.86. The summed E-state index contributed by atoms with van der Waals surface area (Å²) in [6.07, 6.45) is 0. The predicted molar refractivity (Wildman–Crippen MR) is 71.9 cm³/mol. The first-order valence-electron chi connectivity index (χ1n) is 5.81. The van der Waals surface area contributed by atoms with E-state index in [2.05, 4.69) is 0 Å². The number of hydrogen-bond acceptors (Lipinski definition) is 3. The second-order valence-electron chi connectivity index (χ2n) is 4.10. The van der Waals surface area contributed by atoms with Crippen LogP contribution in [-0.2, 0) is 0 Å². The number of halogens is 1. The molecule has 0 atom stereocenters. The summed E-state index contributed by atoms with van der Waals surface area (Å²) in [5.41, 5.74) is 0.912. The number of hydrogen-bond donors (Lipinski definition) is 1. The van der Waals surface area contributed by atoms with Crippen molar-refractivity contribution in [3.05, 3.63) is 47.8 Å². The number of carboxylic acid groups (broad SMARTS) is 1. The molecule has 20 heavy (non-hydrogen) atoms. The maximum Gasteiger partial charge on any atom is 0.335 e. The van der Waals surface area contributed by atoms with Crippen molar-refractivity contribution >= 4 is 5.97 Å². The lowest BCUT2D eigenvalue weighted by Crippen LogP contribution is -1.98. The van der Waals surface area contributed by atoms with Crippen LogP contribution in [-0.4, -0.2) is 25.3 Å². The van der Waals surface area contributed by atoms with Crippen molar-refractivity contribution < 1.29 is 23.8 Å². The van der Waals surface area contributed by atoms with Gasteiger partial charge in [0.15, 0.2) is 0 Å². The van der Waals surface area contributed by atoms with Crippen molar-refractivity contribution in [2.24, 2.45) is 0 Å². The zero-order chi connectivity index (χ0) is 14.7. The molecule has 0 heterocycles. The fraction of sp³-hybridized carbons (Fsp3) is 0.133. The maximum absolute atomic E-state index is 13.5. The van der Waals surface area contributed by atoms with E-state index in [0.29, 0.717) is 22.6 Å². The third-order valence-electron chi connectivity index (χ3n) is 2.86. The minimum Gasteiger partial charge on any atom is -0.497 e. The summed E-state index contributed by atoms with van der Waals surface area (Å²) < 4.78 is 23.8. The van der Waals surface area contributed by atoms with E-state index in [1.54, 1.807) is 18.2 Å². The number of carbonyl (C=O) groups is 1. The Morgan fingerprint density at radius 1 is 1.10 bits per heavy atom. The highest BCUT2D eigenvalue weighted by Crippen LogP contribution is 2.34.